The highest BCUT2D eigenvalue weighted by molar-refractivity contribution is 9.10. The minimum absolute atomic E-state index is 0.541. The Morgan fingerprint density at radius 2 is 2.06 bits per heavy atom. The molecule has 0 saturated heterocycles. The van der Waals surface area contributed by atoms with Crippen molar-refractivity contribution in [2.45, 2.75) is 45.1 Å². The molecule has 0 aliphatic carbocycles. The van der Waals surface area contributed by atoms with Crippen molar-refractivity contribution < 1.29 is 0 Å². The predicted molar refractivity (Wildman–Crippen MR) is 82.6 cm³/mol. The minimum Gasteiger partial charge on any atom is -0.314 e. The second kappa shape index (κ2) is 9.19. The van der Waals surface area contributed by atoms with Crippen molar-refractivity contribution in [3.05, 3.63) is 34.3 Å². The molecule has 0 amide bonds. The van der Waals surface area contributed by atoms with Crippen LogP contribution in [0.25, 0.3) is 0 Å². The Hall–Kier alpha value is -0.780. The van der Waals surface area contributed by atoms with E-state index < -0.39 is 0 Å². The summed E-state index contributed by atoms with van der Waals surface area (Å²) in [7, 11) is 0. The highest BCUT2D eigenvalue weighted by Crippen LogP contribution is 2.14. The van der Waals surface area contributed by atoms with Gasteiger partial charge in [-0.25, -0.2) is 0 Å². The molecule has 1 unspecified atom stereocenters. The summed E-state index contributed by atoms with van der Waals surface area (Å²) in [4.78, 5) is 0. The van der Waals surface area contributed by atoms with Gasteiger partial charge in [0, 0.05) is 16.9 Å². The lowest BCUT2D eigenvalue weighted by Crippen LogP contribution is -2.31. The molecule has 0 fully saturated rings. The molecule has 0 aliphatic heterocycles. The van der Waals surface area contributed by atoms with Gasteiger partial charge in [-0.05, 0) is 49.9 Å². The highest BCUT2D eigenvalue weighted by atomic mass is 79.9. The van der Waals surface area contributed by atoms with E-state index in [2.05, 4.69) is 58.4 Å². The standard InChI is InChI=1S/C16H22BrN/c1-3-5-6-7-16(18-12-4-2)13-14-8-10-15(17)11-9-14/h1,8-11,16,18H,4-7,12-13H2,2H3. The molecule has 1 aromatic rings. The molecule has 0 heterocycles. The summed E-state index contributed by atoms with van der Waals surface area (Å²) in [6.45, 7) is 3.28. The molecule has 0 bridgehead atoms. The van der Waals surface area contributed by atoms with Gasteiger partial charge in [0.15, 0.2) is 0 Å². The van der Waals surface area contributed by atoms with Gasteiger partial charge in [0.2, 0.25) is 0 Å². The first kappa shape index (κ1) is 15.3. The topological polar surface area (TPSA) is 12.0 Å². The van der Waals surface area contributed by atoms with Crippen LogP contribution in [-0.4, -0.2) is 12.6 Å². The largest absolute Gasteiger partial charge is 0.314 e. The quantitative estimate of drug-likeness (QED) is 0.561. The second-order valence-corrected chi connectivity index (χ2v) is 5.49. The van der Waals surface area contributed by atoms with Crippen molar-refractivity contribution >= 4 is 15.9 Å². The molecule has 0 spiro atoms. The lowest BCUT2D eigenvalue weighted by Gasteiger charge is -2.18. The molecule has 0 radical (unpaired) electrons. The Balaban J connectivity index is 2.48. The van der Waals surface area contributed by atoms with Crippen molar-refractivity contribution in [2.24, 2.45) is 0 Å². The van der Waals surface area contributed by atoms with Crippen LogP contribution in [0.2, 0.25) is 0 Å². The summed E-state index contributed by atoms with van der Waals surface area (Å²) in [6, 6.07) is 9.12. The molecule has 98 valence electrons. The maximum Gasteiger partial charge on any atom is 0.0175 e. The van der Waals surface area contributed by atoms with Gasteiger partial charge in [0.25, 0.3) is 0 Å². The van der Waals surface area contributed by atoms with Crippen molar-refractivity contribution in [1.29, 1.82) is 0 Å². The monoisotopic (exact) mass is 307 g/mol. The van der Waals surface area contributed by atoms with Crippen molar-refractivity contribution in [3.8, 4) is 12.3 Å². The van der Waals surface area contributed by atoms with Crippen LogP contribution in [-0.2, 0) is 6.42 Å². The van der Waals surface area contributed by atoms with E-state index in [0.717, 1.165) is 36.7 Å². The van der Waals surface area contributed by atoms with Gasteiger partial charge in [0.1, 0.15) is 0 Å². The molecule has 1 rings (SSSR count). The predicted octanol–water partition coefficient (Wildman–Crippen LogP) is 4.16. The third kappa shape index (κ3) is 6.23. The summed E-state index contributed by atoms with van der Waals surface area (Å²) in [6.07, 6.45) is 10.7. The molecule has 0 saturated carbocycles. The molecule has 0 aromatic heterocycles. The fourth-order valence-electron chi connectivity index (χ4n) is 1.98. The zero-order valence-electron chi connectivity index (χ0n) is 11.1. The van der Waals surface area contributed by atoms with Crippen LogP contribution in [0.1, 0.15) is 38.2 Å². The Bertz CT molecular complexity index is 364. The first-order valence-electron chi connectivity index (χ1n) is 6.67. The van der Waals surface area contributed by atoms with Gasteiger partial charge < -0.3 is 5.32 Å². The number of hydrogen-bond donors (Lipinski definition) is 1. The highest BCUT2D eigenvalue weighted by Gasteiger charge is 2.08. The fourth-order valence-corrected chi connectivity index (χ4v) is 2.24. The van der Waals surface area contributed by atoms with E-state index in [0.29, 0.717) is 6.04 Å². The summed E-state index contributed by atoms with van der Waals surface area (Å²) in [5.41, 5.74) is 1.38. The van der Waals surface area contributed by atoms with E-state index >= 15 is 0 Å². The zero-order chi connectivity index (χ0) is 13.2. The Morgan fingerprint density at radius 3 is 2.67 bits per heavy atom. The van der Waals surface area contributed by atoms with Crippen LogP contribution in [0, 0.1) is 12.3 Å². The van der Waals surface area contributed by atoms with Gasteiger partial charge in [-0.1, -0.05) is 35.0 Å². The van der Waals surface area contributed by atoms with E-state index in [1.54, 1.807) is 0 Å². The summed E-state index contributed by atoms with van der Waals surface area (Å²) >= 11 is 3.47. The number of rotatable bonds is 8. The van der Waals surface area contributed by atoms with E-state index in [4.69, 9.17) is 6.42 Å². The Labute approximate surface area is 119 Å². The number of terminal acetylenes is 1. The van der Waals surface area contributed by atoms with Crippen LogP contribution in [0.4, 0.5) is 0 Å². The lowest BCUT2D eigenvalue weighted by molar-refractivity contribution is 0.467. The Kier molecular flexibility index (Phi) is 7.80. The van der Waals surface area contributed by atoms with Gasteiger partial charge in [-0.3, -0.25) is 0 Å². The van der Waals surface area contributed by atoms with E-state index in [9.17, 15) is 0 Å². The van der Waals surface area contributed by atoms with Crippen molar-refractivity contribution in [1.82, 2.24) is 5.32 Å². The number of hydrogen-bond acceptors (Lipinski definition) is 1. The normalized spacial score (nSPS) is 12.1. The first-order chi connectivity index (χ1) is 8.76. The van der Waals surface area contributed by atoms with E-state index in [1.165, 1.54) is 12.0 Å². The summed E-state index contributed by atoms with van der Waals surface area (Å²) in [5.74, 6) is 2.72. The van der Waals surface area contributed by atoms with Crippen LogP contribution >= 0.6 is 15.9 Å². The molecule has 1 nitrogen and oxygen atoms in total. The molecule has 2 heteroatoms. The van der Waals surface area contributed by atoms with E-state index in [1.807, 2.05) is 0 Å². The van der Waals surface area contributed by atoms with Crippen LogP contribution in [0.15, 0.2) is 28.7 Å². The molecule has 1 atom stereocenters. The number of halogens is 1. The minimum atomic E-state index is 0.541. The summed E-state index contributed by atoms with van der Waals surface area (Å²) in [5, 5.41) is 3.61. The Morgan fingerprint density at radius 1 is 1.33 bits per heavy atom. The molecule has 1 N–H and O–H groups in total. The van der Waals surface area contributed by atoms with Gasteiger partial charge in [-0.2, -0.15) is 0 Å². The molecular formula is C16H22BrN. The van der Waals surface area contributed by atoms with Crippen LogP contribution in [0.3, 0.4) is 0 Å². The SMILES string of the molecule is C#CCCCC(Cc1ccc(Br)cc1)NCCC. The second-order valence-electron chi connectivity index (χ2n) is 4.58. The zero-order valence-corrected chi connectivity index (χ0v) is 12.7. The molecule has 0 aliphatic rings. The lowest BCUT2D eigenvalue weighted by atomic mass is 10.0. The third-order valence-corrected chi connectivity index (χ3v) is 3.48. The first-order valence-corrected chi connectivity index (χ1v) is 7.46. The van der Waals surface area contributed by atoms with E-state index in [-0.39, 0.29) is 0 Å². The van der Waals surface area contributed by atoms with Crippen LogP contribution < -0.4 is 5.32 Å². The maximum atomic E-state index is 5.31. The molecule has 18 heavy (non-hydrogen) atoms. The van der Waals surface area contributed by atoms with Crippen LogP contribution in [0.5, 0.6) is 0 Å². The van der Waals surface area contributed by atoms with Crippen molar-refractivity contribution in [3.63, 3.8) is 0 Å². The van der Waals surface area contributed by atoms with Gasteiger partial charge in [0.05, 0.1) is 0 Å². The molecule has 1 aromatic carbocycles. The van der Waals surface area contributed by atoms with Gasteiger partial charge >= 0.3 is 0 Å². The summed E-state index contributed by atoms with van der Waals surface area (Å²) < 4.78 is 1.14. The molecular weight excluding hydrogens is 286 g/mol. The number of nitrogens with one attached hydrogen (secondary N) is 1. The number of benzene rings is 1. The average molecular weight is 308 g/mol. The average Bonchev–Trinajstić information content (AvgIpc) is 2.38. The maximum absolute atomic E-state index is 5.31. The smallest absolute Gasteiger partial charge is 0.0175 e. The van der Waals surface area contributed by atoms with Crippen molar-refractivity contribution in [2.75, 3.05) is 6.54 Å². The number of unbranched alkanes of at least 4 members (excludes halogenated alkanes) is 1. The third-order valence-electron chi connectivity index (χ3n) is 2.95. The van der Waals surface area contributed by atoms with Gasteiger partial charge in [-0.15, -0.1) is 12.3 Å². The fraction of sp³-hybridized carbons (Fsp3) is 0.500.